The smallest absolute Gasteiger partial charge is 0.141 e. The van der Waals surface area contributed by atoms with Crippen LogP contribution in [0.25, 0.3) is 0 Å². The standard InChI is InChI=1S/C22H26N2O/c1-22-11-12-23(2)21(22)24(3)20-10-9-17(15-19(20)22)14-18(25)13-16-7-5-4-6-8-16/h4-10,15,21H,11-14H2,1-3H3. The third-order valence-corrected chi connectivity index (χ3v) is 6.04. The molecule has 2 aliphatic heterocycles. The highest BCUT2D eigenvalue weighted by atomic mass is 16.1. The van der Waals surface area contributed by atoms with Gasteiger partial charge in [0.1, 0.15) is 5.78 Å². The normalized spacial score (nSPS) is 25.1. The minimum absolute atomic E-state index is 0.164. The first-order valence-electron chi connectivity index (χ1n) is 9.11. The highest BCUT2D eigenvalue weighted by Gasteiger charge is 2.52. The first-order chi connectivity index (χ1) is 12.0. The number of likely N-dealkylation sites (tertiary alicyclic amines) is 1. The second kappa shape index (κ2) is 5.99. The number of fused-ring (bicyclic) bond motifs is 3. The van der Waals surface area contributed by atoms with Crippen molar-refractivity contribution in [2.45, 2.75) is 37.8 Å². The molecule has 3 nitrogen and oxygen atoms in total. The van der Waals surface area contributed by atoms with E-state index in [1.54, 1.807) is 0 Å². The molecular weight excluding hydrogens is 308 g/mol. The zero-order chi connectivity index (χ0) is 17.6. The van der Waals surface area contributed by atoms with E-state index < -0.39 is 0 Å². The predicted octanol–water partition coefficient (Wildman–Crippen LogP) is 3.41. The molecular formula is C22H26N2O. The summed E-state index contributed by atoms with van der Waals surface area (Å²) in [6.07, 6.45) is 2.63. The van der Waals surface area contributed by atoms with Gasteiger partial charge < -0.3 is 4.90 Å². The van der Waals surface area contributed by atoms with Crippen LogP contribution in [0.5, 0.6) is 0 Å². The zero-order valence-electron chi connectivity index (χ0n) is 15.3. The number of ketones is 1. The van der Waals surface area contributed by atoms with Crippen molar-refractivity contribution in [1.29, 1.82) is 0 Å². The molecule has 0 aliphatic carbocycles. The van der Waals surface area contributed by atoms with E-state index >= 15 is 0 Å². The first-order valence-corrected chi connectivity index (χ1v) is 9.11. The van der Waals surface area contributed by atoms with Gasteiger partial charge in [-0.05, 0) is 36.2 Å². The maximum Gasteiger partial charge on any atom is 0.141 e. The molecule has 2 aromatic carbocycles. The van der Waals surface area contributed by atoms with Crippen molar-refractivity contribution in [3.05, 3.63) is 65.2 Å². The minimum atomic E-state index is 0.164. The van der Waals surface area contributed by atoms with Gasteiger partial charge in [-0.25, -0.2) is 0 Å². The minimum Gasteiger partial charge on any atom is -0.358 e. The van der Waals surface area contributed by atoms with Crippen molar-refractivity contribution in [2.75, 3.05) is 25.5 Å². The zero-order valence-corrected chi connectivity index (χ0v) is 15.3. The van der Waals surface area contributed by atoms with Crippen molar-refractivity contribution in [3.63, 3.8) is 0 Å². The fourth-order valence-electron chi connectivity index (χ4n) is 4.85. The Balaban J connectivity index is 1.56. The lowest BCUT2D eigenvalue weighted by Gasteiger charge is -2.32. The van der Waals surface area contributed by atoms with Gasteiger partial charge in [-0.1, -0.05) is 49.4 Å². The second-order valence-corrected chi connectivity index (χ2v) is 7.86. The Bertz CT molecular complexity index is 801. The summed E-state index contributed by atoms with van der Waals surface area (Å²) >= 11 is 0. The number of carbonyl (C=O) groups is 1. The molecule has 2 heterocycles. The summed E-state index contributed by atoms with van der Waals surface area (Å²) in [5.74, 6) is 0.280. The summed E-state index contributed by atoms with van der Waals surface area (Å²) < 4.78 is 0. The average Bonchev–Trinajstić information content (AvgIpc) is 3.01. The van der Waals surface area contributed by atoms with Crippen LogP contribution in [0.4, 0.5) is 5.69 Å². The highest BCUT2D eigenvalue weighted by molar-refractivity contribution is 5.83. The van der Waals surface area contributed by atoms with Crippen LogP contribution in [0.3, 0.4) is 0 Å². The van der Waals surface area contributed by atoms with Crippen molar-refractivity contribution < 1.29 is 4.79 Å². The number of likely N-dealkylation sites (N-methyl/N-ethyl adjacent to an activating group) is 2. The molecule has 0 spiro atoms. The fourth-order valence-corrected chi connectivity index (χ4v) is 4.85. The van der Waals surface area contributed by atoms with Gasteiger partial charge in [-0.3, -0.25) is 9.69 Å². The molecule has 0 N–H and O–H groups in total. The summed E-state index contributed by atoms with van der Waals surface area (Å²) in [6, 6.07) is 16.6. The summed E-state index contributed by atoms with van der Waals surface area (Å²) in [4.78, 5) is 17.3. The lowest BCUT2D eigenvalue weighted by Crippen LogP contribution is -2.45. The van der Waals surface area contributed by atoms with E-state index in [-0.39, 0.29) is 11.2 Å². The summed E-state index contributed by atoms with van der Waals surface area (Å²) in [7, 11) is 4.40. The van der Waals surface area contributed by atoms with E-state index in [2.05, 4.69) is 49.0 Å². The first kappa shape index (κ1) is 16.3. The SMILES string of the molecule is CN1CCC2(C)c3cc(CC(=O)Cc4ccccc4)ccc3N(C)C12. The van der Waals surface area contributed by atoms with Crippen molar-refractivity contribution in [3.8, 4) is 0 Å². The van der Waals surface area contributed by atoms with Crippen LogP contribution >= 0.6 is 0 Å². The largest absolute Gasteiger partial charge is 0.358 e. The Morgan fingerprint density at radius 1 is 1.08 bits per heavy atom. The Kier molecular flexibility index (Phi) is 3.92. The Labute approximate surface area is 150 Å². The summed E-state index contributed by atoms with van der Waals surface area (Å²) in [5, 5.41) is 0. The molecule has 1 saturated heterocycles. The van der Waals surface area contributed by atoms with Crippen LogP contribution in [-0.2, 0) is 23.1 Å². The van der Waals surface area contributed by atoms with E-state index in [0.29, 0.717) is 19.0 Å². The number of benzene rings is 2. The van der Waals surface area contributed by atoms with E-state index in [9.17, 15) is 4.79 Å². The second-order valence-electron chi connectivity index (χ2n) is 7.86. The molecule has 0 amide bonds. The van der Waals surface area contributed by atoms with Crippen LogP contribution < -0.4 is 4.90 Å². The topological polar surface area (TPSA) is 23.6 Å². The lowest BCUT2D eigenvalue weighted by atomic mass is 9.80. The number of rotatable bonds is 4. The summed E-state index contributed by atoms with van der Waals surface area (Å²) in [5.41, 5.74) is 5.13. The molecule has 0 aromatic heterocycles. The van der Waals surface area contributed by atoms with Gasteiger partial charge in [0.05, 0.1) is 6.17 Å². The number of anilines is 1. The molecule has 4 rings (SSSR count). The molecule has 2 aromatic rings. The number of carbonyl (C=O) groups excluding carboxylic acids is 1. The van der Waals surface area contributed by atoms with E-state index in [1.807, 2.05) is 30.3 Å². The van der Waals surface area contributed by atoms with Gasteiger partial charge >= 0.3 is 0 Å². The molecule has 3 heteroatoms. The quantitative estimate of drug-likeness (QED) is 0.856. The maximum absolute atomic E-state index is 12.5. The number of Topliss-reactive ketones (excluding diaryl/α,β-unsaturated/α-hetero) is 1. The Morgan fingerprint density at radius 2 is 1.80 bits per heavy atom. The third-order valence-electron chi connectivity index (χ3n) is 6.04. The monoisotopic (exact) mass is 334 g/mol. The molecule has 0 bridgehead atoms. The van der Waals surface area contributed by atoms with Gasteiger partial charge in [0.15, 0.2) is 0 Å². The van der Waals surface area contributed by atoms with Gasteiger partial charge in [0.25, 0.3) is 0 Å². The van der Waals surface area contributed by atoms with E-state index in [4.69, 9.17) is 0 Å². The van der Waals surface area contributed by atoms with Gasteiger partial charge in [0, 0.05) is 37.5 Å². The van der Waals surface area contributed by atoms with Crippen molar-refractivity contribution in [1.82, 2.24) is 4.90 Å². The molecule has 2 aliphatic rings. The van der Waals surface area contributed by atoms with E-state index in [1.165, 1.54) is 17.7 Å². The van der Waals surface area contributed by atoms with Gasteiger partial charge in [-0.2, -0.15) is 0 Å². The lowest BCUT2D eigenvalue weighted by molar-refractivity contribution is -0.117. The van der Waals surface area contributed by atoms with Crippen molar-refractivity contribution >= 4 is 11.5 Å². The summed E-state index contributed by atoms with van der Waals surface area (Å²) in [6.45, 7) is 3.50. The average molecular weight is 334 g/mol. The maximum atomic E-state index is 12.5. The molecule has 130 valence electrons. The van der Waals surface area contributed by atoms with E-state index in [0.717, 1.165) is 17.7 Å². The Morgan fingerprint density at radius 3 is 2.56 bits per heavy atom. The highest BCUT2D eigenvalue weighted by Crippen LogP contribution is 2.51. The Hall–Kier alpha value is -2.13. The predicted molar refractivity (Wildman–Crippen MR) is 102 cm³/mol. The number of hydrogen-bond acceptors (Lipinski definition) is 3. The molecule has 1 fully saturated rings. The molecule has 0 saturated carbocycles. The number of hydrogen-bond donors (Lipinski definition) is 0. The van der Waals surface area contributed by atoms with Crippen molar-refractivity contribution in [2.24, 2.45) is 0 Å². The number of nitrogens with zero attached hydrogens (tertiary/aromatic N) is 2. The fraction of sp³-hybridized carbons (Fsp3) is 0.409. The third kappa shape index (κ3) is 2.67. The van der Waals surface area contributed by atoms with Crippen LogP contribution in [0.2, 0.25) is 0 Å². The molecule has 25 heavy (non-hydrogen) atoms. The van der Waals surface area contributed by atoms with Gasteiger partial charge in [0.2, 0.25) is 0 Å². The molecule has 0 radical (unpaired) electrons. The molecule has 2 atom stereocenters. The van der Waals surface area contributed by atoms with Crippen LogP contribution in [-0.4, -0.2) is 37.5 Å². The van der Waals surface area contributed by atoms with Crippen LogP contribution in [0.15, 0.2) is 48.5 Å². The van der Waals surface area contributed by atoms with Crippen LogP contribution in [0, 0.1) is 0 Å². The molecule has 2 unspecified atom stereocenters. The van der Waals surface area contributed by atoms with Crippen LogP contribution in [0.1, 0.15) is 30.0 Å². The van der Waals surface area contributed by atoms with Gasteiger partial charge in [-0.15, -0.1) is 0 Å².